The number of hydrogen-bond acceptors (Lipinski definition) is 4. The standard InChI is InChI=1S/C18H16F3NO2S2/c19-18(20,21)11-24-15-4-2-1-3-14(15)22-16(23)12-5-7-13(8-6-12)17-25-9-10-26-17/h1-8,17H,9-11H2,(H,22,23). The number of rotatable bonds is 5. The van der Waals surface area contributed by atoms with Gasteiger partial charge in [-0.3, -0.25) is 4.79 Å². The molecule has 1 heterocycles. The van der Waals surface area contributed by atoms with Gasteiger partial charge in [-0.2, -0.15) is 13.2 Å². The summed E-state index contributed by atoms with van der Waals surface area (Å²) in [6.45, 7) is -1.41. The van der Waals surface area contributed by atoms with Gasteiger partial charge in [-0.15, -0.1) is 23.5 Å². The number of carbonyl (C=O) groups is 1. The van der Waals surface area contributed by atoms with Crippen molar-refractivity contribution in [3.8, 4) is 5.75 Å². The molecule has 1 fully saturated rings. The molecule has 138 valence electrons. The Bertz CT molecular complexity index is 760. The lowest BCUT2D eigenvalue weighted by atomic mass is 10.1. The van der Waals surface area contributed by atoms with Crippen molar-refractivity contribution in [2.45, 2.75) is 10.8 Å². The van der Waals surface area contributed by atoms with Gasteiger partial charge in [0.1, 0.15) is 5.75 Å². The third-order valence-corrected chi connectivity index (χ3v) is 6.70. The van der Waals surface area contributed by atoms with E-state index in [1.165, 1.54) is 12.1 Å². The van der Waals surface area contributed by atoms with Crippen LogP contribution in [0, 0.1) is 0 Å². The van der Waals surface area contributed by atoms with Gasteiger partial charge in [0, 0.05) is 17.1 Å². The van der Waals surface area contributed by atoms with Crippen molar-refractivity contribution in [2.24, 2.45) is 0 Å². The Morgan fingerprint density at radius 1 is 1.08 bits per heavy atom. The van der Waals surface area contributed by atoms with Gasteiger partial charge in [0.05, 0.1) is 10.3 Å². The van der Waals surface area contributed by atoms with Crippen molar-refractivity contribution in [1.82, 2.24) is 0 Å². The molecule has 0 aromatic heterocycles. The number of benzene rings is 2. The fraction of sp³-hybridized carbons (Fsp3) is 0.278. The van der Waals surface area contributed by atoms with Gasteiger partial charge in [-0.1, -0.05) is 24.3 Å². The van der Waals surface area contributed by atoms with Crippen molar-refractivity contribution in [3.63, 3.8) is 0 Å². The second kappa shape index (κ2) is 8.26. The number of alkyl halides is 3. The second-order valence-electron chi connectivity index (χ2n) is 5.55. The average molecular weight is 399 g/mol. The number of anilines is 1. The van der Waals surface area contributed by atoms with E-state index in [4.69, 9.17) is 4.74 Å². The highest BCUT2D eigenvalue weighted by atomic mass is 32.2. The maximum absolute atomic E-state index is 12.4. The molecule has 1 aliphatic heterocycles. The van der Waals surface area contributed by atoms with Gasteiger partial charge >= 0.3 is 6.18 Å². The van der Waals surface area contributed by atoms with Gasteiger partial charge in [0.15, 0.2) is 6.61 Å². The zero-order chi connectivity index (χ0) is 18.6. The Labute approximate surface area is 157 Å². The molecule has 1 amide bonds. The first-order chi connectivity index (χ1) is 12.4. The summed E-state index contributed by atoms with van der Waals surface area (Å²) in [5, 5.41) is 2.61. The largest absolute Gasteiger partial charge is 0.482 e. The predicted octanol–water partition coefficient (Wildman–Crippen LogP) is 5.36. The summed E-state index contributed by atoms with van der Waals surface area (Å²) in [5.41, 5.74) is 1.79. The molecule has 8 heteroatoms. The third-order valence-electron chi connectivity index (χ3n) is 3.59. The van der Waals surface area contributed by atoms with E-state index >= 15 is 0 Å². The molecule has 0 atom stereocenters. The lowest BCUT2D eigenvalue weighted by Crippen LogP contribution is -2.20. The van der Waals surface area contributed by atoms with Gasteiger partial charge in [-0.05, 0) is 29.8 Å². The van der Waals surface area contributed by atoms with Crippen LogP contribution in [0.2, 0.25) is 0 Å². The summed E-state index contributed by atoms with van der Waals surface area (Å²) in [6.07, 6.45) is -4.44. The highest BCUT2D eigenvalue weighted by Crippen LogP contribution is 2.45. The molecular formula is C18H16F3NO2S2. The Morgan fingerprint density at radius 2 is 1.73 bits per heavy atom. The van der Waals surface area contributed by atoms with Crippen LogP contribution in [0.25, 0.3) is 0 Å². The number of hydrogen-bond donors (Lipinski definition) is 1. The number of carbonyl (C=O) groups excluding carboxylic acids is 1. The molecular weight excluding hydrogens is 383 g/mol. The minimum absolute atomic E-state index is 0.0199. The maximum Gasteiger partial charge on any atom is 0.422 e. The number of halogens is 3. The smallest absolute Gasteiger partial charge is 0.422 e. The van der Waals surface area contributed by atoms with E-state index in [9.17, 15) is 18.0 Å². The molecule has 3 rings (SSSR count). The van der Waals surface area contributed by atoms with Crippen molar-refractivity contribution in [3.05, 3.63) is 59.7 Å². The van der Waals surface area contributed by atoms with Crippen LogP contribution < -0.4 is 10.1 Å². The van der Waals surface area contributed by atoms with Crippen LogP contribution in [0.3, 0.4) is 0 Å². The summed E-state index contributed by atoms with van der Waals surface area (Å²) in [5.74, 6) is 1.82. The fourth-order valence-corrected chi connectivity index (χ4v) is 5.25. The van der Waals surface area contributed by atoms with Crippen LogP contribution >= 0.6 is 23.5 Å². The molecule has 0 bridgehead atoms. The second-order valence-corrected chi connectivity index (χ2v) is 8.27. The molecule has 3 nitrogen and oxygen atoms in total. The van der Waals surface area contributed by atoms with Crippen LogP contribution in [-0.4, -0.2) is 30.2 Å². The van der Waals surface area contributed by atoms with Crippen LogP contribution in [0.5, 0.6) is 5.75 Å². The molecule has 0 unspecified atom stereocenters. The normalized spacial score (nSPS) is 15.0. The van der Waals surface area contributed by atoms with E-state index in [2.05, 4.69) is 5.32 Å². The van der Waals surface area contributed by atoms with E-state index in [-0.39, 0.29) is 11.4 Å². The third kappa shape index (κ3) is 5.11. The highest BCUT2D eigenvalue weighted by Gasteiger charge is 2.29. The molecule has 1 aliphatic rings. The summed E-state index contributed by atoms with van der Waals surface area (Å²) < 4.78 is 42.2. The molecule has 2 aromatic carbocycles. The molecule has 1 N–H and O–H groups in total. The summed E-state index contributed by atoms with van der Waals surface area (Å²) in [6, 6.07) is 13.3. The lowest BCUT2D eigenvalue weighted by Gasteiger charge is -2.14. The quantitative estimate of drug-likeness (QED) is 0.735. The van der Waals surface area contributed by atoms with E-state index < -0.39 is 18.7 Å². The molecule has 1 saturated heterocycles. The maximum atomic E-state index is 12.4. The molecule has 26 heavy (non-hydrogen) atoms. The number of para-hydroxylation sites is 2. The fourth-order valence-electron chi connectivity index (χ4n) is 2.39. The van der Waals surface area contributed by atoms with E-state index in [1.807, 2.05) is 35.7 Å². The molecule has 0 radical (unpaired) electrons. The number of thioether (sulfide) groups is 2. The van der Waals surface area contributed by atoms with Crippen LogP contribution in [0.4, 0.5) is 18.9 Å². The lowest BCUT2D eigenvalue weighted by molar-refractivity contribution is -0.153. The number of amides is 1. The topological polar surface area (TPSA) is 38.3 Å². The van der Waals surface area contributed by atoms with Gasteiger partial charge < -0.3 is 10.1 Å². The molecule has 0 aliphatic carbocycles. The Kier molecular flexibility index (Phi) is 6.03. The summed E-state index contributed by atoms with van der Waals surface area (Å²) >= 11 is 3.75. The number of ether oxygens (including phenoxy) is 1. The van der Waals surface area contributed by atoms with Gasteiger partial charge in [0.25, 0.3) is 5.91 Å². The van der Waals surface area contributed by atoms with Crippen LogP contribution in [-0.2, 0) is 0 Å². The first kappa shape index (κ1) is 19.0. The molecule has 0 spiro atoms. The zero-order valence-corrected chi connectivity index (χ0v) is 15.2. The van der Waals surface area contributed by atoms with Crippen molar-refractivity contribution < 1.29 is 22.7 Å². The Hall–Kier alpha value is -1.80. The van der Waals surface area contributed by atoms with E-state index in [1.54, 1.807) is 24.3 Å². The predicted molar refractivity (Wildman–Crippen MR) is 100 cm³/mol. The minimum Gasteiger partial charge on any atom is -0.482 e. The van der Waals surface area contributed by atoms with Crippen LogP contribution in [0.1, 0.15) is 20.5 Å². The summed E-state index contributed by atoms with van der Waals surface area (Å²) in [7, 11) is 0. The van der Waals surface area contributed by atoms with Gasteiger partial charge in [-0.25, -0.2) is 0 Å². The minimum atomic E-state index is -4.44. The summed E-state index contributed by atoms with van der Waals surface area (Å²) in [4.78, 5) is 12.4. The molecule has 0 saturated carbocycles. The Morgan fingerprint density at radius 3 is 2.38 bits per heavy atom. The first-order valence-corrected chi connectivity index (χ1v) is 9.95. The van der Waals surface area contributed by atoms with E-state index in [0.717, 1.165) is 17.1 Å². The van der Waals surface area contributed by atoms with E-state index in [0.29, 0.717) is 10.1 Å². The first-order valence-electron chi connectivity index (χ1n) is 7.85. The zero-order valence-electron chi connectivity index (χ0n) is 13.6. The van der Waals surface area contributed by atoms with Crippen molar-refractivity contribution in [2.75, 3.05) is 23.4 Å². The monoisotopic (exact) mass is 399 g/mol. The van der Waals surface area contributed by atoms with Crippen molar-refractivity contribution in [1.29, 1.82) is 0 Å². The highest BCUT2D eigenvalue weighted by molar-refractivity contribution is 8.19. The van der Waals surface area contributed by atoms with Gasteiger partial charge in [0.2, 0.25) is 0 Å². The SMILES string of the molecule is O=C(Nc1ccccc1OCC(F)(F)F)c1ccc(C2SCCS2)cc1. The van der Waals surface area contributed by atoms with Crippen molar-refractivity contribution >= 4 is 35.1 Å². The average Bonchev–Trinajstić information content (AvgIpc) is 3.15. The Balaban J connectivity index is 1.68. The molecule has 2 aromatic rings. The number of nitrogens with one attached hydrogen (secondary N) is 1. The van der Waals surface area contributed by atoms with Crippen LogP contribution in [0.15, 0.2) is 48.5 Å².